The van der Waals surface area contributed by atoms with Crippen LogP contribution in [-0.2, 0) is 4.74 Å². The number of likely N-dealkylation sites (tertiary alicyclic amines) is 1. The summed E-state index contributed by atoms with van der Waals surface area (Å²) in [6.45, 7) is 11.8. The first-order valence-corrected chi connectivity index (χ1v) is 7.99. The average Bonchev–Trinajstić information content (AvgIpc) is 2.50. The number of benzene rings is 1. The van der Waals surface area contributed by atoms with Crippen LogP contribution in [0.5, 0.6) is 0 Å². The Bertz CT molecular complexity index is 328. The van der Waals surface area contributed by atoms with Gasteiger partial charge in [0.15, 0.2) is 0 Å². The molecule has 2 rings (SSSR count). The van der Waals surface area contributed by atoms with Crippen LogP contribution in [0.2, 0.25) is 0 Å². The van der Waals surface area contributed by atoms with E-state index < -0.39 is 5.60 Å². The lowest BCUT2D eigenvalue weighted by atomic mass is 9.94. The zero-order valence-corrected chi connectivity index (χ0v) is 14.4. The van der Waals surface area contributed by atoms with Gasteiger partial charge in [-0.2, -0.15) is 0 Å². The molecule has 1 aliphatic heterocycles. The molecule has 1 aromatic rings. The smallest absolute Gasteiger partial charge is 0.0644 e. The van der Waals surface area contributed by atoms with Crippen molar-refractivity contribution in [3.63, 3.8) is 0 Å². The lowest BCUT2D eigenvalue weighted by Crippen LogP contribution is -2.43. The van der Waals surface area contributed by atoms with E-state index in [-0.39, 0.29) is 0 Å². The number of hydrogen-bond donors (Lipinski definition) is 1. The van der Waals surface area contributed by atoms with Gasteiger partial charge in [0, 0.05) is 26.7 Å². The van der Waals surface area contributed by atoms with Crippen molar-refractivity contribution in [1.29, 1.82) is 0 Å². The molecule has 1 fully saturated rings. The summed E-state index contributed by atoms with van der Waals surface area (Å²) in [5.74, 6) is 0. The normalized spacial score (nSPS) is 17.0. The van der Waals surface area contributed by atoms with E-state index in [1.165, 1.54) is 5.56 Å². The van der Waals surface area contributed by atoms with E-state index in [4.69, 9.17) is 4.74 Å². The first-order chi connectivity index (χ1) is 10.0. The lowest BCUT2D eigenvalue weighted by molar-refractivity contribution is -0.0101. The fourth-order valence-electron chi connectivity index (χ4n) is 2.01. The van der Waals surface area contributed by atoms with Crippen LogP contribution in [0.15, 0.2) is 30.3 Å². The van der Waals surface area contributed by atoms with Gasteiger partial charge in [0.1, 0.15) is 0 Å². The number of aryl methyl sites for hydroxylation is 1. The SMILES string of the molecule is CC.COCCN1CCC(C)(O)CC1.Cc1ccccc1. The Balaban J connectivity index is 0.000000377. The Labute approximate surface area is 130 Å². The zero-order chi connectivity index (χ0) is 16.1. The Kier molecular flexibility index (Phi) is 11.2. The van der Waals surface area contributed by atoms with Crippen molar-refractivity contribution in [2.75, 3.05) is 33.4 Å². The molecule has 0 radical (unpaired) electrons. The summed E-state index contributed by atoms with van der Waals surface area (Å²) in [5.41, 5.74) is 0.895. The van der Waals surface area contributed by atoms with Gasteiger partial charge in [-0.1, -0.05) is 49.7 Å². The van der Waals surface area contributed by atoms with Crippen LogP contribution in [0.3, 0.4) is 0 Å². The summed E-state index contributed by atoms with van der Waals surface area (Å²) in [6, 6.07) is 10.3. The summed E-state index contributed by atoms with van der Waals surface area (Å²) in [5, 5.41) is 9.66. The summed E-state index contributed by atoms with van der Waals surface area (Å²) in [6.07, 6.45) is 1.77. The maximum atomic E-state index is 9.66. The molecule has 0 unspecified atom stereocenters. The first-order valence-electron chi connectivity index (χ1n) is 7.99. The van der Waals surface area contributed by atoms with E-state index in [0.29, 0.717) is 0 Å². The van der Waals surface area contributed by atoms with Gasteiger partial charge in [-0.25, -0.2) is 0 Å². The number of methoxy groups -OCH3 is 1. The number of ether oxygens (including phenoxy) is 1. The van der Waals surface area contributed by atoms with Crippen molar-refractivity contribution in [2.24, 2.45) is 0 Å². The molecule has 0 aliphatic carbocycles. The number of aliphatic hydroxyl groups is 1. The van der Waals surface area contributed by atoms with E-state index in [2.05, 4.69) is 24.0 Å². The summed E-state index contributed by atoms with van der Waals surface area (Å²) in [4.78, 5) is 2.33. The molecule has 0 amide bonds. The third kappa shape index (κ3) is 10.5. The van der Waals surface area contributed by atoms with Gasteiger partial charge in [-0.3, -0.25) is 0 Å². The molecule has 122 valence electrons. The third-order valence-electron chi connectivity index (χ3n) is 3.49. The molecular formula is C18H33NO2. The van der Waals surface area contributed by atoms with E-state index in [1.807, 2.05) is 39.0 Å². The molecule has 21 heavy (non-hydrogen) atoms. The Morgan fingerprint density at radius 2 is 1.67 bits per heavy atom. The molecule has 1 heterocycles. The van der Waals surface area contributed by atoms with E-state index in [0.717, 1.165) is 39.1 Å². The second kappa shape index (κ2) is 11.7. The Hall–Kier alpha value is -0.900. The van der Waals surface area contributed by atoms with Crippen LogP contribution in [0, 0.1) is 6.92 Å². The average molecular weight is 295 g/mol. The van der Waals surface area contributed by atoms with Crippen molar-refractivity contribution < 1.29 is 9.84 Å². The minimum Gasteiger partial charge on any atom is -0.390 e. The molecule has 0 aromatic heterocycles. The number of rotatable bonds is 3. The fourth-order valence-corrected chi connectivity index (χ4v) is 2.01. The largest absolute Gasteiger partial charge is 0.390 e. The summed E-state index contributed by atoms with van der Waals surface area (Å²) in [7, 11) is 1.72. The predicted octanol–water partition coefficient (Wildman–Crippen LogP) is 3.50. The Morgan fingerprint density at radius 3 is 2.05 bits per heavy atom. The number of hydrogen-bond acceptors (Lipinski definition) is 3. The molecule has 0 saturated carbocycles. The van der Waals surface area contributed by atoms with Gasteiger partial charge < -0.3 is 14.7 Å². The summed E-state index contributed by atoms with van der Waals surface area (Å²) >= 11 is 0. The minimum atomic E-state index is -0.427. The van der Waals surface area contributed by atoms with Crippen LogP contribution in [0.25, 0.3) is 0 Å². The van der Waals surface area contributed by atoms with Gasteiger partial charge in [-0.15, -0.1) is 0 Å². The molecule has 1 aromatic carbocycles. The zero-order valence-electron chi connectivity index (χ0n) is 14.4. The molecule has 0 bridgehead atoms. The van der Waals surface area contributed by atoms with Crippen LogP contribution in [-0.4, -0.2) is 49.0 Å². The first kappa shape index (κ1) is 20.1. The molecule has 3 nitrogen and oxygen atoms in total. The molecular weight excluding hydrogens is 262 g/mol. The quantitative estimate of drug-likeness (QED) is 0.926. The van der Waals surface area contributed by atoms with Crippen molar-refractivity contribution >= 4 is 0 Å². The highest BCUT2D eigenvalue weighted by Crippen LogP contribution is 2.20. The highest BCUT2D eigenvalue weighted by molar-refractivity contribution is 5.11. The van der Waals surface area contributed by atoms with Crippen LogP contribution in [0.4, 0.5) is 0 Å². The van der Waals surface area contributed by atoms with Gasteiger partial charge >= 0.3 is 0 Å². The molecule has 1 saturated heterocycles. The fraction of sp³-hybridized carbons (Fsp3) is 0.667. The monoisotopic (exact) mass is 295 g/mol. The molecule has 0 atom stereocenters. The topological polar surface area (TPSA) is 32.7 Å². The molecule has 1 aliphatic rings. The predicted molar refractivity (Wildman–Crippen MR) is 90.7 cm³/mol. The number of piperidine rings is 1. The highest BCUT2D eigenvalue weighted by Gasteiger charge is 2.26. The van der Waals surface area contributed by atoms with Gasteiger partial charge in [0.05, 0.1) is 12.2 Å². The van der Waals surface area contributed by atoms with Gasteiger partial charge in [0.25, 0.3) is 0 Å². The van der Waals surface area contributed by atoms with Crippen molar-refractivity contribution in [2.45, 2.75) is 46.1 Å². The van der Waals surface area contributed by atoms with Crippen molar-refractivity contribution in [3.8, 4) is 0 Å². The second-order valence-electron chi connectivity index (χ2n) is 5.49. The maximum Gasteiger partial charge on any atom is 0.0644 e. The Morgan fingerprint density at radius 1 is 1.14 bits per heavy atom. The minimum absolute atomic E-state index is 0.427. The van der Waals surface area contributed by atoms with Gasteiger partial charge in [-0.05, 0) is 26.7 Å². The standard InChI is InChI=1S/C9H19NO2.C7H8.C2H6/c1-9(11)3-5-10(6-4-9)7-8-12-2;1-7-5-3-2-4-6-7;1-2/h11H,3-8H2,1-2H3;2-6H,1H3;1-2H3. The molecule has 3 heteroatoms. The van der Waals surface area contributed by atoms with E-state index in [9.17, 15) is 5.11 Å². The van der Waals surface area contributed by atoms with E-state index in [1.54, 1.807) is 7.11 Å². The molecule has 0 spiro atoms. The van der Waals surface area contributed by atoms with Crippen molar-refractivity contribution in [3.05, 3.63) is 35.9 Å². The van der Waals surface area contributed by atoms with Crippen molar-refractivity contribution in [1.82, 2.24) is 4.90 Å². The lowest BCUT2D eigenvalue weighted by Gasteiger charge is -2.35. The molecule has 1 N–H and O–H groups in total. The van der Waals surface area contributed by atoms with E-state index >= 15 is 0 Å². The van der Waals surface area contributed by atoms with Crippen LogP contribution >= 0.6 is 0 Å². The third-order valence-corrected chi connectivity index (χ3v) is 3.49. The highest BCUT2D eigenvalue weighted by atomic mass is 16.5. The maximum absolute atomic E-state index is 9.66. The number of nitrogens with zero attached hydrogens (tertiary/aromatic N) is 1. The summed E-state index contributed by atoms with van der Waals surface area (Å²) < 4.78 is 4.99. The second-order valence-corrected chi connectivity index (χ2v) is 5.49. The van der Waals surface area contributed by atoms with Crippen LogP contribution in [0.1, 0.15) is 39.2 Å². The van der Waals surface area contributed by atoms with Gasteiger partial charge in [0.2, 0.25) is 0 Å². The van der Waals surface area contributed by atoms with Crippen LogP contribution < -0.4 is 0 Å².